The molecule has 6 nitrogen and oxygen atoms in total. The zero-order valence-corrected chi connectivity index (χ0v) is 14.5. The highest BCUT2D eigenvalue weighted by atomic mass is 35.5. The summed E-state index contributed by atoms with van der Waals surface area (Å²) in [5.74, 6) is 0.802. The van der Waals surface area contributed by atoms with Gasteiger partial charge in [0.05, 0.1) is 5.39 Å². The molecular weight excluding hydrogens is 328 g/mol. The van der Waals surface area contributed by atoms with Crippen LogP contribution in [0, 0.1) is 0 Å². The predicted molar refractivity (Wildman–Crippen MR) is 97.7 cm³/mol. The minimum atomic E-state index is -0.178. The van der Waals surface area contributed by atoms with Gasteiger partial charge in [-0.1, -0.05) is 25.1 Å². The third-order valence-corrected chi connectivity index (χ3v) is 4.40. The van der Waals surface area contributed by atoms with Gasteiger partial charge in [0.1, 0.15) is 0 Å². The second kappa shape index (κ2) is 8.15. The van der Waals surface area contributed by atoms with E-state index in [1.165, 1.54) is 0 Å². The summed E-state index contributed by atoms with van der Waals surface area (Å²) in [5.41, 5.74) is -0.178. The van der Waals surface area contributed by atoms with Gasteiger partial charge in [-0.3, -0.25) is 9.59 Å². The van der Waals surface area contributed by atoms with Gasteiger partial charge in [0.25, 0.3) is 5.56 Å². The average Bonchev–Trinajstić information content (AvgIpc) is 2.58. The molecule has 1 aromatic carbocycles. The standard InChI is InChI=1S/C17H22N4O2.ClH/c1-2-15(22)18-11-6-5-7-12(10-11)19-16-13-8-3-4-9-14(13)17(23)21-20-16;/h3-4,8-9,11-12H,2,5-7,10H2,1H3,(H,18,22)(H,19,20)(H,21,23);1H. The predicted octanol–water partition coefficient (Wildman–Crippen LogP) is 2.59. The number of halogens is 1. The zero-order chi connectivity index (χ0) is 16.2. The van der Waals surface area contributed by atoms with Crippen molar-refractivity contribution in [1.82, 2.24) is 15.5 Å². The van der Waals surface area contributed by atoms with Crippen LogP contribution in [0.5, 0.6) is 0 Å². The van der Waals surface area contributed by atoms with E-state index in [0.29, 0.717) is 17.6 Å². The summed E-state index contributed by atoms with van der Waals surface area (Å²) >= 11 is 0. The van der Waals surface area contributed by atoms with Gasteiger partial charge in [-0.25, -0.2) is 5.10 Å². The number of nitrogens with zero attached hydrogens (tertiary/aromatic N) is 1. The molecule has 130 valence electrons. The van der Waals surface area contributed by atoms with E-state index in [1.807, 2.05) is 25.1 Å². The first kappa shape index (κ1) is 18.3. The maximum Gasteiger partial charge on any atom is 0.272 e. The molecule has 1 amide bonds. The summed E-state index contributed by atoms with van der Waals surface area (Å²) in [4.78, 5) is 23.4. The molecular formula is C17H23ClN4O2. The quantitative estimate of drug-likeness (QED) is 0.791. The highest BCUT2D eigenvalue weighted by Crippen LogP contribution is 2.24. The Balaban J connectivity index is 0.00000208. The molecule has 2 atom stereocenters. The summed E-state index contributed by atoms with van der Waals surface area (Å²) in [6.07, 6.45) is 4.51. The summed E-state index contributed by atoms with van der Waals surface area (Å²) in [7, 11) is 0. The Bertz CT molecular complexity index is 762. The van der Waals surface area contributed by atoms with E-state index in [0.717, 1.165) is 31.1 Å². The van der Waals surface area contributed by atoms with Crippen LogP contribution in [0.1, 0.15) is 39.0 Å². The SMILES string of the molecule is CCC(=O)NC1CCCC(Nc2n[nH]c(=O)c3ccccc23)C1.Cl. The molecule has 0 spiro atoms. The van der Waals surface area contributed by atoms with Crippen LogP contribution < -0.4 is 16.2 Å². The Kier molecular flexibility index (Phi) is 6.20. The summed E-state index contributed by atoms with van der Waals surface area (Å²) in [6, 6.07) is 7.90. The lowest BCUT2D eigenvalue weighted by Crippen LogP contribution is -2.41. The molecule has 3 rings (SSSR count). The Hall–Kier alpha value is -2.08. The molecule has 2 unspecified atom stereocenters. The van der Waals surface area contributed by atoms with Crippen molar-refractivity contribution in [1.29, 1.82) is 0 Å². The number of carbonyl (C=O) groups is 1. The van der Waals surface area contributed by atoms with Crippen molar-refractivity contribution < 1.29 is 4.79 Å². The van der Waals surface area contributed by atoms with Gasteiger partial charge >= 0.3 is 0 Å². The zero-order valence-electron chi connectivity index (χ0n) is 13.7. The number of amides is 1. The third kappa shape index (κ3) is 4.06. The van der Waals surface area contributed by atoms with Crippen molar-refractivity contribution in [2.75, 3.05) is 5.32 Å². The van der Waals surface area contributed by atoms with E-state index in [9.17, 15) is 9.59 Å². The number of fused-ring (bicyclic) bond motifs is 1. The fourth-order valence-corrected chi connectivity index (χ4v) is 3.20. The summed E-state index contributed by atoms with van der Waals surface area (Å²) < 4.78 is 0. The number of hydrogen-bond donors (Lipinski definition) is 3. The minimum absolute atomic E-state index is 0. The fraction of sp³-hybridized carbons (Fsp3) is 0.471. The maximum absolute atomic E-state index is 11.8. The molecule has 1 heterocycles. The first-order chi connectivity index (χ1) is 11.2. The normalized spacial score (nSPS) is 20.2. The van der Waals surface area contributed by atoms with Crippen molar-refractivity contribution >= 4 is 34.9 Å². The van der Waals surface area contributed by atoms with Crippen LogP contribution >= 0.6 is 12.4 Å². The van der Waals surface area contributed by atoms with Crippen molar-refractivity contribution in [2.45, 2.75) is 51.1 Å². The average molecular weight is 351 g/mol. The van der Waals surface area contributed by atoms with Crippen molar-refractivity contribution in [3.05, 3.63) is 34.6 Å². The summed E-state index contributed by atoms with van der Waals surface area (Å²) in [5, 5.41) is 14.7. The van der Waals surface area contributed by atoms with E-state index in [4.69, 9.17) is 0 Å². The maximum atomic E-state index is 11.8. The Morgan fingerprint density at radius 1 is 1.25 bits per heavy atom. The molecule has 1 aliphatic carbocycles. The second-order valence-electron chi connectivity index (χ2n) is 6.07. The minimum Gasteiger partial charge on any atom is -0.365 e. The van der Waals surface area contributed by atoms with Crippen LogP contribution in [-0.2, 0) is 4.79 Å². The lowest BCUT2D eigenvalue weighted by molar-refractivity contribution is -0.121. The van der Waals surface area contributed by atoms with Crippen LogP contribution in [-0.4, -0.2) is 28.2 Å². The molecule has 24 heavy (non-hydrogen) atoms. The Morgan fingerprint density at radius 2 is 1.96 bits per heavy atom. The molecule has 0 radical (unpaired) electrons. The van der Waals surface area contributed by atoms with E-state index >= 15 is 0 Å². The monoisotopic (exact) mass is 350 g/mol. The number of rotatable bonds is 4. The molecule has 1 aliphatic rings. The fourth-order valence-electron chi connectivity index (χ4n) is 3.20. The van der Waals surface area contributed by atoms with Gasteiger partial charge < -0.3 is 10.6 Å². The largest absolute Gasteiger partial charge is 0.365 e. The van der Waals surface area contributed by atoms with Gasteiger partial charge in [-0.2, -0.15) is 5.10 Å². The topological polar surface area (TPSA) is 86.9 Å². The van der Waals surface area contributed by atoms with E-state index < -0.39 is 0 Å². The van der Waals surface area contributed by atoms with Gasteiger partial charge in [0.2, 0.25) is 5.91 Å². The van der Waals surface area contributed by atoms with Crippen molar-refractivity contribution in [2.24, 2.45) is 0 Å². The number of aromatic amines is 1. The van der Waals surface area contributed by atoms with Crippen LogP contribution in [0.4, 0.5) is 5.82 Å². The third-order valence-electron chi connectivity index (χ3n) is 4.40. The first-order valence-electron chi connectivity index (χ1n) is 8.20. The van der Waals surface area contributed by atoms with E-state index in [2.05, 4.69) is 20.8 Å². The number of H-pyrrole nitrogens is 1. The van der Waals surface area contributed by atoms with Crippen LogP contribution in [0.3, 0.4) is 0 Å². The van der Waals surface area contributed by atoms with Gasteiger partial charge in [-0.05, 0) is 31.7 Å². The Morgan fingerprint density at radius 3 is 2.71 bits per heavy atom. The number of nitrogens with one attached hydrogen (secondary N) is 3. The van der Waals surface area contributed by atoms with Crippen LogP contribution in [0.15, 0.2) is 29.1 Å². The smallest absolute Gasteiger partial charge is 0.272 e. The number of anilines is 1. The molecule has 3 N–H and O–H groups in total. The second-order valence-corrected chi connectivity index (χ2v) is 6.07. The molecule has 1 aromatic heterocycles. The molecule has 1 fully saturated rings. The molecule has 0 saturated heterocycles. The molecule has 2 aromatic rings. The number of benzene rings is 1. The first-order valence-corrected chi connectivity index (χ1v) is 8.20. The molecule has 0 aliphatic heterocycles. The highest BCUT2D eigenvalue weighted by Gasteiger charge is 2.23. The lowest BCUT2D eigenvalue weighted by atomic mass is 9.90. The lowest BCUT2D eigenvalue weighted by Gasteiger charge is -2.30. The van der Waals surface area contributed by atoms with Gasteiger partial charge in [0, 0.05) is 23.9 Å². The molecule has 1 saturated carbocycles. The summed E-state index contributed by atoms with van der Waals surface area (Å²) in [6.45, 7) is 1.87. The van der Waals surface area contributed by atoms with Crippen molar-refractivity contribution in [3.63, 3.8) is 0 Å². The Labute approximate surface area is 146 Å². The van der Waals surface area contributed by atoms with Gasteiger partial charge in [0.15, 0.2) is 5.82 Å². The molecule has 0 bridgehead atoms. The number of aromatic nitrogens is 2. The van der Waals surface area contributed by atoms with Gasteiger partial charge in [-0.15, -0.1) is 12.4 Å². The highest BCUT2D eigenvalue weighted by molar-refractivity contribution is 5.90. The van der Waals surface area contributed by atoms with E-state index in [1.54, 1.807) is 6.07 Å². The van der Waals surface area contributed by atoms with E-state index in [-0.39, 0.29) is 36.0 Å². The molecule has 7 heteroatoms. The number of hydrogen-bond acceptors (Lipinski definition) is 4. The van der Waals surface area contributed by atoms with Crippen molar-refractivity contribution in [3.8, 4) is 0 Å². The number of carbonyl (C=O) groups excluding carboxylic acids is 1. The van der Waals surface area contributed by atoms with Crippen LogP contribution in [0.25, 0.3) is 10.8 Å². The van der Waals surface area contributed by atoms with Crippen LogP contribution in [0.2, 0.25) is 0 Å².